The van der Waals surface area contributed by atoms with Crippen LogP contribution in [0.15, 0.2) is 24.5 Å². The third kappa shape index (κ3) is 4.73. The number of amides is 1. The fourth-order valence-electron chi connectivity index (χ4n) is 1.79. The highest BCUT2D eigenvalue weighted by atomic mass is 16.4. The second-order valence-electron chi connectivity index (χ2n) is 4.51. The maximum atomic E-state index is 12.5. The van der Waals surface area contributed by atoms with Crippen molar-refractivity contribution in [3.63, 3.8) is 0 Å². The van der Waals surface area contributed by atoms with E-state index in [9.17, 15) is 9.59 Å². The molecule has 0 saturated carbocycles. The van der Waals surface area contributed by atoms with Crippen molar-refractivity contribution >= 4 is 18.0 Å². The van der Waals surface area contributed by atoms with E-state index in [4.69, 9.17) is 10.4 Å². The summed E-state index contributed by atoms with van der Waals surface area (Å²) in [6.45, 7) is 4.37. The molecule has 0 aromatic carbocycles. The van der Waals surface area contributed by atoms with Crippen molar-refractivity contribution in [2.75, 3.05) is 13.1 Å². The van der Waals surface area contributed by atoms with Crippen LogP contribution in [-0.2, 0) is 4.79 Å². The summed E-state index contributed by atoms with van der Waals surface area (Å²) >= 11 is 0. The molecule has 0 spiro atoms. The Balaban J connectivity index is 3.06. The van der Waals surface area contributed by atoms with Crippen LogP contribution in [0.3, 0.4) is 0 Å². The number of carbonyl (C=O) groups is 2. The summed E-state index contributed by atoms with van der Waals surface area (Å²) < 4.78 is 0. The van der Waals surface area contributed by atoms with Gasteiger partial charge >= 0.3 is 5.97 Å². The molecule has 6 heteroatoms. The fraction of sp³-hybridized carbons (Fsp3) is 0.333. The number of aliphatic carboxylic acids is 1. The van der Waals surface area contributed by atoms with Crippen LogP contribution in [-0.4, -0.2) is 40.0 Å². The minimum atomic E-state index is -1.09. The van der Waals surface area contributed by atoms with Crippen LogP contribution >= 0.6 is 0 Å². The molecule has 0 fully saturated rings. The fourth-order valence-corrected chi connectivity index (χ4v) is 1.79. The molecule has 0 aliphatic carbocycles. The Kier molecular flexibility index (Phi) is 6.08. The summed E-state index contributed by atoms with van der Waals surface area (Å²) in [5, 5.41) is 17.5. The predicted octanol–water partition coefficient (Wildman–Crippen LogP) is 1.80. The first kappa shape index (κ1) is 16.4. The lowest BCUT2D eigenvalue weighted by Gasteiger charge is -2.22. The number of nitriles is 1. The monoisotopic (exact) mass is 287 g/mol. The summed E-state index contributed by atoms with van der Waals surface area (Å²) in [7, 11) is 0. The number of aromatic nitrogens is 1. The number of hydrogen-bond donors (Lipinski definition) is 1. The van der Waals surface area contributed by atoms with E-state index in [1.54, 1.807) is 17.9 Å². The van der Waals surface area contributed by atoms with Gasteiger partial charge in [0.1, 0.15) is 0 Å². The SMILES string of the molecule is CCN(CC(C)C#N)C(=O)c1ccncc1C=CC(=O)O. The third-order valence-electron chi connectivity index (χ3n) is 2.87. The van der Waals surface area contributed by atoms with Crippen LogP contribution in [0, 0.1) is 17.2 Å². The molecular formula is C15H17N3O3. The van der Waals surface area contributed by atoms with Crippen LogP contribution < -0.4 is 0 Å². The van der Waals surface area contributed by atoms with Crippen molar-refractivity contribution in [2.24, 2.45) is 5.92 Å². The van der Waals surface area contributed by atoms with Crippen molar-refractivity contribution in [2.45, 2.75) is 13.8 Å². The van der Waals surface area contributed by atoms with Crippen LogP contribution in [0.1, 0.15) is 29.8 Å². The van der Waals surface area contributed by atoms with Gasteiger partial charge in [-0.25, -0.2) is 4.79 Å². The number of rotatable bonds is 6. The van der Waals surface area contributed by atoms with Crippen LogP contribution in [0.25, 0.3) is 6.08 Å². The molecule has 1 heterocycles. The summed E-state index contributed by atoms with van der Waals surface area (Å²) in [5.41, 5.74) is 0.808. The predicted molar refractivity (Wildman–Crippen MR) is 77.3 cm³/mol. The van der Waals surface area contributed by atoms with Crippen LogP contribution in [0.4, 0.5) is 0 Å². The van der Waals surface area contributed by atoms with Gasteiger partial charge in [0.25, 0.3) is 5.91 Å². The Hall–Kier alpha value is -2.68. The molecule has 1 rings (SSSR count). The van der Waals surface area contributed by atoms with Gasteiger partial charge in [-0.05, 0) is 26.0 Å². The highest BCUT2D eigenvalue weighted by Gasteiger charge is 2.18. The van der Waals surface area contributed by atoms with E-state index >= 15 is 0 Å². The van der Waals surface area contributed by atoms with Gasteiger partial charge in [0.2, 0.25) is 0 Å². The molecule has 1 unspecified atom stereocenters. The topological polar surface area (TPSA) is 94.3 Å². The highest BCUT2D eigenvalue weighted by Crippen LogP contribution is 2.13. The molecule has 0 aliphatic rings. The number of hydrogen-bond acceptors (Lipinski definition) is 4. The van der Waals surface area contributed by atoms with Gasteiger partial charge in [0, 0.05) is 42.7 Å². The van der Waals surface area contributed by atoms with Gasteiger partial charge in [-0.15, -0.1) is 0 Å². The van der Waals surface area contributed by atoms with E-state index in [1.165, 1.54) is 18.5 Å². The number of carboxylic acid groups (broad SMARTS) is 1. The van der Waals surface area contributed by atoms with E-state index in [0.29, 0.717) is 24.2 Å². The number of nitrogens with zero attached hydrogens (tertiary/aromatic N) is 3. The standard InChI is InChI=1S/C15H17N3O3/c1-3-18(10-11(2)8-16)15(21)13-6-7-17-9-12(13)4-5-14(19)20/h4-7,9,11H,3,10H2,1-2H3,(H,19,20). The van der Waals surface area contributed by atoms with Gasteiger partial charge in [-0.2, -0.15) is 5.26 Å². The van der Waals surface area contributed by atoms with Gasteiger partial charge < -0.3 is 10.0 Å². The first-order valence-electron chi connectivity index (χ1n) is 6.53. The highest BCUT2D eigenvalue weighted by molar-refractivity contribution is 5.98. The normalized spacial score (nSPS) is 11.9. The maximum Gasteiger partial charge on any atom is 0.328 e. The zero-order valence-corrected chi connectivity index (χ0v) is 12.0. The van der Waals surface area contributed by atoms with Gasteiger partial charge in [-0.1, -0.05) is 0 Å². The Morgan fingerprint density at radius 3 is 2.86 bits per heavy atom. The minimum absolute atomic E-state index is 0.243. The van der Waals surface area contributed by atoms with Crippen molar-refractivity contribution in [1.29, 1.82) is 5.26 Å². The Bertz CT molecular complexity index is 590. The second kappa shape index (κ2) is 7.80. The quantitative estimate of drug-likeness (QED) is 0.805. The molecule has 21 heavy (non-hydrogen) atoms. The molecule has 6 nitrogen and oxygen atoms in total. The molecule has 0 bridgehead atoms. The molecule has 0 saturated heterocycles. The van der Waals surface area contributed by atoms with Gasteiger partial charge in [0.15, 0.2) is 0 Å². The molecule has 1 aromatic heterocycles. The average Bonchev–Trinajstić information content (AvgIpc) is 2.49. The third-order valence-corrected chi connectivity index (χ3v) is 2.87. The maximum absolute atomic E-state index is 12.5. The Morgan fingerprint density at radius 1 is 1.57 bits per heavy atom. The minimum Gasteiger partial charge on any atom is -0.478 e. The Morgan fingerprint density at radius 2 is 2.29 bits per heavy atom. The second-order valence-corrected chi connectivity index (χ2v) is 4.51. The van der Waals surface area contributed by atoms with E-state index in [2.05, 4.69) is 11.1 Å². The molecule has 1 atom stereocenters. The smallest absolute Gasteiger partial charge is 0.328 e. The molecule has 1 amide bonds. The van der Waals surface area contributed by atoms with Crippen molar-refractivity contribution < 1.29 is 14.7 Å². The summed E-state index contributed by atoms with van der Waals surface area (Å²) in [6.07, 6.45) is 5.22. The van der Waals surface area contributed by atoms with E-state index in [1.807, 2.05) is 6.92 Å². The molecular weight excluding hydrogens is 270 g/mol. The molecule has 1 N–H and O–H groups in total. The van der Waals surface area contributed by atoms with Crippen LogP contribution in [0.5, 0.6) is 0 Å². The van der Waals surface area contributed by atoms with Gasteiger partial charge in [0.05, 0.1) is 12.0 Å². The summed E-state index contributed by atoms with van der Waals surface area (Å²) in [6, 6.07) is 3.64. The lowest BCUT2D eigenvalue weighted by Crippen LogP contribution is -2.34. The van der Waals surface area contributed by atoms with E-state index in [0.717, 1.165) is 6.08 Å². The molecule has 0 aliphatic heterocycles. The van der Waals surface area contributed by atoms with Crippen molar-refractivity contribution in [1.82, 2.24) is 9.88 Å². The summed E-state index contributed by atoms with van der Waals surface area (Å²) in [4.78, 5) is 28.5. The first-order chi connectivity index (χ1) is 9.99. The zero-order chi connectivity index (χ0) is 15.8. The van der Waals surface area contributed by atoms with E-state index < -0.39 is 5.97 Å². The summed E-state index contributed by atoms with van der Waals surface area (Å²) in [5.74, 6) is -1.61. The first-order valence-corrected chi connectivity index (χ1v) is 6.53. The van der Waals surface area contributed by atoms with E-state index in [-0.39, 0.29) is 11.8 Å². The zero-order valence-electron chi connectivity index (χ0n) is 12.0. The van der Waals surface area contributed by atoms with Crippen LogP contribution in [0.2, 0.25) is 0 Å². The molecule has 0 radical (unpaired) electrons. The average molecular weight is 287 g/mol. The number of carbonyl (C=O) groups excluding carboxylic acids is 1. The largest absolute Gasteiger partial charge is 0.478 e. The molecule has 1 aromatic rings. The Labute approximate surface area is 123 Å². The van der Waals surface area contributed by atoms with Crippen molar-refractivity contribution in [3.8, 4) is 6.07 Å². The molecule has 110 valence electrons. The number of carboxylic acids is 1. The van der Waals surface area contributed by atoms with Gasteiger partial charge in [-0.3, -0.25) is 9.78 Å². The lowest BCUT2D eigenvalue weighted by molar-refractivity contribution is -0.131. The number of pyridine rings is 1. The lowest BCUT2D eigenvalue weighted by atomic mass is 10.1. The van der Waals surface area contributed by atoms with Crippen molar-refractivity contribution in [3.05, 3.63) is 35.7 Å².